The van der Waals surface area contributed by atoms with E-state index in [0.717, 1.165) is 30.0 Å². The number of amides is 2. The van der Waals surface area contributed by atoms with E-state index < -0.39 is 43.1 Å². The van der Waals surface area contributed by atoms with Gasteiger partial charge in [-0.25, -0.2) is 8.42 Å². The quantitative estimate of drug-likeness (QED) is 0.652. The Kier molecular flexibility index (Phi) is 6.46. The molecule has 0 aromatic heterocycles. The Morgan fingerprint density at radius 1 is 1.16 bits per heavy atom. The van der Waals surface area contributed by atoms with Crippen molar-refractivity contribution in [3.8, 4) is 0 Å². The van der Waals surface area contributed by atoms with E-state index in [1.165, 1.54) is 6.07 Å². The van der Waals surface area contributed by atoms with Crippen LogP contribution >= 0.6 is 11.8 Å². The highest BCUT2D eigenvalue weighted by Crippen LogP contribution is 2.32. The number of thioether (sulfide) groups is 1. The van der Waals surface area contributed by atoms with Crippen LogP contribution in [0.15, 0.2) is 53.4 Å². The van der Waals surface area contributed by atoms with E-state index in [4.69, 9.17) is 0 Å². The fourth-order valence-corrected chi connectivity index (χ4v) is 4.99. The Bertz CT molecular complexity index is 1160. The average Bonchev–Trinajstić information content (AvgIpc) is 3.00. The van der Waals surface area contributed by atoms with Gasteiger partial charge in [-0.1, -0.05) is 42.1 Å². The molecule has 6 nitrogen and oxygen atoms in total. The number of imide groups is 1. The fourth-order valence-electron chi connectivity index (χ4n) is 3.01. The third-order valence-corrected chi connectivity index (χ3v) is 6.76. The number of nitrogens with one attached hydrogen (secondary N) is 2. The van der Waals surface area contributed by atoms with Crippen molar-refractivity contribution in [3.05, 3.63) is 65.2 Å². The van der Waals surface area contributed by atoms with Gasteiger partial charge in [-0.3, -0.25) is 19.6 Å². The van der Waals surface area contributed by atoms with Gasteiger partial charge in [0.1, 0.15) is 0 Å². The number of rotatable bonds is 6. The Hall–Kier alpha value is -2.79. The number of benzene rings is 2. The van der Waals surface area contributed by atoms with E-state index in [-0.39, 0.29) is 12.1 Å². The molecule has 3 rings (SSSR count). The molecule has 31 heavy (non-hydrogen) atoms. The van der Waals surface area contributed by atoms with Gasteiger partial charge in [0.2, 0.25) is 5.91 Å². The van der Waals surface area contributed by atoms with Gasteiger partial charge >= 0.3 is 6.18 Å². The zero-order valence-electron chi connectivity index (χ0n) is 16.1. The number of carbonyl (C=O) groups excluding carboxylic acids is 2. The lowest BCUT2D eigenvalue weighted by Gasteiger charge is -2.16. The smallest absolute Gasteiger partial charge is 0.286 e. The largest absolute Gasteiger partial charge is 0.416 e. The topological polar surface area (TPSA) is 92.3 Å². The Morgan fingerprint density at radius 2 is 1.87 bits per heavy atom. The van der Waals surface area contributed by atoms with Crippen molar-refractivity contribution < 1.29 is 31.2 Å². The van der Waals surface area contributed by atoms with Crippen LogP contribution in [0.4, 0.5) is 23.7 Å². The van der Waals surface area contributed by atoms with Crippen LogP contribution in [-0.4, -0.2) is 24.8 Å². The number of sulfonamides is 1. The van der Waals surface area contributed by atoms with Gasteiger partial charge in [0.25, 0.3) is 15.3 Å². The molecule has 2 aromatic rings. The molecular formula is C20H17F3N2O4S2. The van der Waals surface area contributed by atoms with Crippen LogP contribution in [0.3, 0.4) is 0 Å². The van der Waals surface area contributed by atoms with Gasteiger partial charge in [0.05, 0.1) is 21.4 Å². The highest BCUT2D eigenvalue weighted by atomic mass is 32.2. The maximum Gasteiger partial charge on any atom is 0.416 e. The lowest BCUT2D eigenvalue weighted by atomic mass is 10.0. The molecule has 2 amide bonds. The van der Waals surface area contributed by atoms with Crippen LogP contribution in [-0.2, 0) is 27.4 Å². The number of hydrogen-bond donors (Lipinski definition) is 2. The van der Waals surface area contributed by atoms with Gasteiger partial charge in [0.15, 0.2) is 0 Å². The lowest BCUT2D eigenvalue weighted by molar-refractivity contribution is -0.137. The van der Waals surface area contributed by atoms with E-state index in [9.17, 15) is 31.2 Å². The Balaban J connectivity index is 1.96. The zero-order chi connectivity index (χ0) is 22.8. The van der Waals surface area contributed by atoms with E-state index in [0.29, 0.717) is 17.2 Å². The summed E-state index contributed by atoms with van der Waals surface area (Å²) in [4.78, 5) is 22.8. The molecule has 1 saturated heterocycles. The minimum Gasteiger partial charge on any atom is -0.286 e. The highest BCUT2D eigenvalue weighted by molar-refractivity contribution is 8.15. The van der Waals surface area contributed by atoms with Gasteiger partial charge in [-0.15, -0.1) is 0 Å². The summed E-state index contributed by atoms with van der Waals surface area (Å²) in [5.74, 6) is -0.434. The molecule has 1 aliphatic rings. The maximum absolute atomic E-state index is 13.0. The van der Waals surface area contributed by atoms with E-state index in [1.54, 1.807) is 31.2 Å². The second-order valence-electron chi connectivity index (χ2n) is 6.60. The summed E-state index contributed by atoms with van der Waals surface area (Å²) in [5, 5.41) is 1.08. The molecule has 1 aliphatic heterocycles. The number of allylic oxidation sites excluding steroid dienone is 1. The van der Waals surface area contributed by atoms with Crippen molar-refractivity contribution in [2.24, 2.45) is 0 Å². The second kappa shape index (κ2) is 8.75. The summed E-state index contributed by atoms with van der Waals surface area (Å²) in [5.41, 5.74) is 0.118. The zero-order valence-corrected chi connectivity index (χ0v) is 17.7. The Labute approximate surface area is 181 Å². The van der Waals surface area contributed by atoms with Crippen LogP contribution in [0.2, 0.25) is 0 Å². The van der Waals surface area contributed by atoms with E-state index in [2.05, 4.69) is 10.0 Å². The lowest BCUT2D eigenvalue weighted by Crippen LogP contribution is -2.25. The molecule has 0 spiro atoms. The standard InChI is InChI=1S/C20H17F3N2O4S2/c1-2-5-15-12(10-17-18(26)24-19(27)30-17)6-3-9-16(15)25-31(28,29)14-8-4-7-13(11-14)20(21,22)23/h2-9,11,17,25H,10H2,1H3,(H,24,26,27)/b5-2-. The maximum atomic E-state index is 13.0. The number of anilines is 1. The van der Waals surface area contributed by atoms with Gasteiger partial charge in [0, 0.05) is 5.56 Å². The van der Waals surface area contributed by atoms with Crippen LogP contribution in [0.25, 0.3) is 6.08 Å². The minimum absolute atomic E-state index is 0.141. The molecule has 2 N–H and O–H groups in total. The molecule has 0 radical (unpaired) electrons. The molecule has 0 bridgehead atoms. The predicted octanol–water partition coefficient (Wildman–Crippen LogP) is 4.43. The normalized spacial score (nSPS) is 17.2. The van der Waals surface area contributed by atoms with Crippen molar-refractivity contribution in [1.29, 1.82) is 0 Å². The third kappa shape index (κ3) is 5.28. The summed E-state index contributed by atoms with van der Waals surface area (Å²) < 4.78 is 66.8. The van der Waals surface area contributed by atoms with Crippen molar-refractivity contribution >= 4 is 44.7 Å². The molecule has 2 aromatic carbocycles. The van der Waals surface area contributed by atoms with Crippen molar-refractivity contribution in [3.63, 3.8) is 0 Å². The second-order valence-corrected chi connectivity index (χ2v) is 9.45. The summed E-state index contributed by atoms with van der Waals surface area (Å²) in [6, 6.07) is 8.16. The first-order chi connectivity index (χ1) is 14.5. The van der Waals surface area contributed by atoms with Crippen LogP contribution in [0.5, 0.6) is 0 Å². The molecular weight excluding hydrogens is 453 g/mol. The molecule has 164 valence electrons. The monoisotopic (exact) mass is 470 g/mol. The highest BCUT2D eigenvalue weighted by Gasteiger charge is 2.33. The first kappa shape index (κ1) is 22.9. The molecule has 0 saturated carbocycles. The Morgan fingerprint density at radius 3 is 2.48 bits per heavy atom. The number of carbonyl (C=O) groups is 2. The average molecular weight is 470 g/mol. The van der Waals surface area contributed by atoms with Crippen molar-refractivity contribution in [2.45, 2.75) is 29.7 Å². The number of alkyl halides is 3. The first-order valence-corrected chi connectivity index (χ1v) is 11.3. The molecule has 1 heterocycles. The summed E-state index contributed by atoms with van der Waals surface area (Å²) in [7, 11) is -4.32. The summed E-state index contributed by atoms with van der Waals surface area (Å²) in [6.07, 6.45) is -1.23. The molecule has 1 atom stereocenters. The van der Waals surface area contributed by atoms with Crippen LogP contribution in [0.1, 0.15) is 23.6 Å². The SMILES string of the molecule is C/C=C\c1c(CC2SC(=O)NC2=O)cccc1NS(=O)(=O)c1cccc(C(F)(F)F)c1. The van der Waals surface area contributed by atoms with Gasteiger partial charge in [-0.05, 0) is 43.2 Å². The van der Waals surface area contributed by atoms with Gasteiger partial charge in [-0.2, -0.15) is 13.2 Å². The number of hydrogen-bond acceptors (Lipinski definition) is 5. The van der Waals surface area contributed by atoms with Gasteiger partial charge < -0.3 is 0 Å². The predicted molar refractivity (Wildman–Crippen MR) is 112 cm³/mol. The van der Waals surface area contributed by atoms with Crippen molar-refractivity contribution in [2.75, 3.05) is 4.72 Å². The van der Waals surface area contributed by atoms with Crippen LogP contribution in [0, 0.1) is 0 Å². The fraction of sp³-hybridized carbons (Fsp3) is 0.200. The third-order valence-electron chi connectivity index (χ3n) is 4.42. The van der Waals surface area contributed by atoms with E-state index in [1.807, 2.05) is 0 Å². The molecule has 1 unspecified atom stereocenters. The minimum atomic E-state index is -4.68. The molecule has 0 aliphatic carbocycles. The van der Waals surface area contributed by atoms with Crippen LogP contribution < -0.4 is 10.0 Å². The molecule has 11 heteroatoms. The van der Waals surface area contributed by atoms with Crippen molar-refractivity contribution in [1.82, 2.24) is 5.32 Å². The number of halogens is 3. The summed E-state index contributed by atoms with van der Waals surface area (Å²) in [6.45, 7) is 1.71. The first-order valence-electron chi connectivity index (χ1n) is 8.97. The molecule has 1 fully saturated rings. The summed E-state index contributed by atoms with van der Waals surface area (Å²) >= 11 is 0.846. The van der Waals surface area contributed by atoms with E-state index >= 15 is 0 Å².